The average molecular weight is 388 g/mol. The Balaban J connectivity index is 1.59. The molecule has 2 amide bonds. The zero-order valence-corrected chi connectivity index (χ0v) is 16.6. The highest BCUT2D eigenvalue weighted by Crippen LogP contribution is 2.16. The van der Waals surface area contributed by atoms with Gasteiger partial charge < -0.3 is 15.5 Å². The fourth-order valence-corrected chi connectivity index (χ4v) is 2.78. The largest absolute Gasteiger partial charge is 0.378 e. The third-order valence-electron chi connectivity index (χ3n) is 4.40. The van der Waals surface area contributed by atoms with Crippen LogP contribution in [0.25, 0.3) is 0 Å². The number of amides is 2. The third-order valence-corrected chi connectivity index (χ3v) is 4.40. The topological polar surface area (TPSA) is 74.3 Å². The molecule has 3 rings (SSSR count). The smallest absolute Gasteiger partial charge is 0.274 e. The molecule has 1 aromatic heterocycles. The van der Waals surface area contributed by atoms with E-state index in [1.165, 1.54) is 0 Å². The van der Waals surface area contributed by atoms with E-state index in [0.717, 1.165) is 17.7 Å². The predicted octanol–water partition coefficient (Wildman–Crippen LogP) is 3.37. The van der Waals surface area contributed by atoms with E-state index in [9.17, 15) is 9.59 Å². The number of nitrogens with zero attached hydrogens (tertiary/aromatic N) is 2. The van der Waals surface area contributed by atoms with E-state index in [1.54, 1.807) is 18.2 Å². The van der Waals surface area contributed by atoms with Gasteiger partial charge in [-0.1, -0.05) is 36.4 Å². The van der Waals surface area contributed by atoms with Crippen molar-refractivity contribution in [3.63, 3.8) is 0 Å². The Bertz CT molecular complexity index is 970. The summed E-state index contributed by atoms with van der Waals surface area (Å²) in [5, 5.41) is 5.65. The number of rotatable bonds is 7. The van der Waals surface area contributed by atoms with Crippen LogP contribution in [-0.4, -0.2) is 37.4 Å². The van der Waals surface area contributed by atoms with Gasteiger partial charge in [-0.25, -0.2) is 4.98 Å². The maximum Gasteiger partial charge on any atom is 0.274 e. The van der Waals surface area contributed by atoms with Crippen molar-refractivity contribution in [2.45, 2.75) is 6.42 Å². The lowest BCUT2D eigenvalue weighted by molar-refractivity contribution is 0.0949. The van der Waals surface area contributed by atoms with Crippen molar-refractivity contribution >= 4 is 23.2 Å². The molecule has 0 aliphatic rings. The molecule has 0 aliphatic heterocycles. The lowest BCUT2D eigenvalue weighted by Gasteiger charge is -2.13. The maximum absolute atomic E-state index is 12.5. The van der Waals surface area contributed by atoms with E-state index in [1.807, 2.05) is 73.6 Å². The Morgan fingerprint density at radius 2 is 1.48 bits per heavy atom. The second kappa shape index (κ2) is 9.50. The number of nitrogens with one attached hydrogen (secondary N) is 2. The number of carbonyl (C=O) groups is 2. The third kappa shape index (κ3) is 5.65. The molecule has 2 N–H and O–H groups in total. The van der Waals surface area contributed by atoms with Gasteiger partial charge in [-0.2, -0.15) is 0 Å². The molecule has 0 spiro atoms. The summed E-state index contributed by atoms with van der Waals surface area (Å²) >= 11 is 0. The molecular weight excluding hydrogens is 364 g/mol. The molecule has 0 fully saturated rings. The Morgan fingerprint density at radius 1 is 0.828 bits per heavy atom. The van der Waals surface area contributed by atoms with Crippen LogP contribution < -0.4 is 15.5 Å². The van der Waals surface area contributed by atoms with Crippen LogP contribution in [0.3, 0.4) is 0 Å². The van der Waals surface area contributed by atoms with E-state index in [4.69, 9.17) is 0 Å². The molecule has 6 heteroatoms. The van der Waals surface area contributed by atoms with Gasteiger partial charge in [0, 0.05) is 32.0 Å². The zero-order valence-electron chi connectivity index (χ0n) is 16.6. The molecule has 0 unspecified atom stereocenters. The molecule has 3 aromatic rings. The Kier molecular flexibility index (Phi) is 6.58. The summed E-state index contributed by atoms with van der Waals surface area (Å²) in [6.45, 7) is 0.499. The second-order valence-corrected chi connectivity index (χ2v) is 6.79. The van der Waals surface area contributed by atoms with Crippen molar-refractivity contribution in [2.75, 3.05) is 30.9 Å². The van der Waals surface area contributed by atoms with Gasteiger partial charge in [0.25, 0.3) is 11.8 Å². The molecule has 0 aliphatic carbocycles. The number of hydrogen-bond acceptors (Lipinski definition) is 4. The van der Waals surface area contributed by atoms with Crippen LogP contribution in [0, 0.1) is 0 Å². The van der Waals surface area contributed by atoms with Gasteiger partial charge in [-0.05, 0) is 48.4 Å². The van der Waals surface area contributed by atoms with E-state index in [-0.39, 0.29) is 23.2 Å². The van der Waals surface area contributed by atoms with E-state index in [2.05, 4.69) is 15.6 Å². The molecule has 0 atom stereocenters. The highest BCUT2D eigenvalue weighted by atomic mass is 16.2. The first-order valence-electron chi connectivity index (χ1n) is 9.41. The van der Waals surface area contributed by atoms with Crippen LogP contribution in [-0.2, 0) is 6.42 Å². The number of hydrogen-bond donors (Lipinski definition) is 2. The van der Waals surface area contributed by atoms with Crippen molar-refractivity contribution in [1.29, 1.82) is 0 Å². The van der Waals surface area contributed by atoms with E-state index in [0.29, 0.717) is 12.2 Å². The van der Waals surface area contributed by atoms with Crippen LogP contribution in [0.1, 0.15) is 26.5 Å². The molecule has 6 nitrogen and oxygen atoms in total. The van der Waals surface area contributed by atoms with Gasteiger partial charge in [-0.15, -0.1) is 0 Å². The molecule has 0 saturated heterocycles. The standard InChI is InChI=1S/C23H24N4O2/c1-27(2)19-13-11-18(12-14-19)25-23(29)21-10-6-9-20(26-21)22(28)24-16-15-17-7-4-3-5-8-17/h3-14H,15-16H2,1-2H3,(H,24,28)(H,25,29). The van der Waals surface area contributed by atoms with Gasteiger partial charge in [-0.3, -0.25) is 9.59 Å². The highest BCUT2D eigenvalue weighted by Gasteiger charge is 2.12. The molecule has 148 valence electrons. The number of anilines is 2. The summed E-state index contributed by atoms with van der Waals surface area (Å²) in [5.74, 6) is -0.660. The van der Waals surface area contributed by atoms with Gasteiger partial charge in [0.15, 0.2) is 0 Å². The maximum atomic E-state index is 12.5. The number of aromatic nitrogens is 1. The lowest BCUT2D eigenvalue weighted by atomic mass is 10.1. The fourth-order valence-electron chi connectivity index (χ4n) is 2.78. The van der Waals surface area contributed by atoms with Gasteiger partial charge in [0.1, 0.15) is 11.4 Å². The predicted molar refractivity (Wildman–Crippen MR) is 115 cm³/mol. The zero-order chi connectivity index (χ0) is 20.6. The van der Waals surface area contributed by atoms with Gasteiger partial charge >= 0.3 is 0 Å². The number of carbonyl (C=O) groups excluding carboxylic acids is 2. The Labute approximate surface area is 170 Å². The summed E-state index contributed by atoms with van der Waals surface area (Å²) in [6, 6.07) is 22.2. The van der Waals surface area contributed by atoms with Crippen molar-refractivity contribution < 1.29 is 9.59 Å². The fraction of sp³-hybridized carbons (Fsp3) is 0.174. The van der Waals surface area contributed by atoms with Crippen molar-refractivity contribution in [2.24, 2.45) is 0 Å². The van der Waals surface area contributed by atoms with Gasteiger partial charge in [0.05, 0.1) is 0 Å². The number of benzene rings is 2. The monoisotopic (exact) mass is 388 g/mol. The minimum Gasteiger partial charge on any atom is -0.378 e. The second-order valence-electron chi connectivity index (χ2n) is 6.79. The van der Waals surface area contributed by atoms with E-state index >= 15 is 0 Å². The molecule has 0 bridgehead atoms. The summed E-state index contributed by atoms with van der Waals surface area (Å²) in [6.07, 6.45) is 0.732. The van der Waals surface area contributed by atoms with Crippen LogP contribution in [0.4, 0.5) is 11.4 Å². The molecule has 29 heavy (non-hydrogen) atoms. The van der Waals surface area contributed by atoms with Gasteiger partial charge in [0.2, 0.25) is 0 Å². The lowest BCUT2D eigenvalue weighted by Crippen LogP contribution is -2.27. The first-order valence-corrected chi connectivity index (χ1v) is 9.41. The number of pyridine rings is 1. The summed E-state index contributed by atoms with van der Waals surface area (Å²) in [7, 11) is 3.90. The first kappa shape index (κ1) is 20.1. The van der Waals surface area contributed by atoms with E-state index < -0.39 is 0 Å². The Morgan fingerprint density at radius 3 is 2.14 bits per heavy atom. The minimum atomic E-state index is -0.360. The Hall–Kier alpha value is -3.67. The average Bonchev–Trinajstić information content (AvgIpc) is 2.75. The molecule has 0 radical (unpaired) electrons. The van der Waals surface area contributed by atoms with Crippen molar-refractivity contribution in [1.82, 2.24) is 10.3 Å². The van der Waals surface area contributed by atoms with Crippen LogP contribution in [0.15, 0.2) is 72.8 Å². The molecule has 0 saturated carbocycles. The molecular formula is C23H24N4O2. The minimum absolute atomic E-state index is 0.192. The summed E-state index contributed by atoms with van der Waals surface area (Å²) < 4.78 is 0. The molecule has 1 heterocycles. The van der Waals surface area contributed by atoms with Crippen LogP contribution >= 0.6 is 0 Å². The van der Waals surface area contributed by atoms with Crippen LogP contribution in [0.2, 0.25) is 0 Å². The SMILES string of the molecule is CN(C)c1ccc(NC(=O)c2cccc(C(=O)NCCc3ccccc3)n2)cc1. The van der Waals surface area contributed by atoms with Crippen molar-refractivity contribution in [3.8, 4) is 0 Å². The summed E-state index contributed by atoms with van der Waals surface area (Å²) in [4.78, 5) is 31.0. The first-order chi connectivity index (χ1) is 14.0. The quantitative estimate of drug-likeness (QED) is 0.651. The molecule has 2 aromatic carbocycles. The van der Waals surface area contributed by atoms with Crippen LogP contribution in [0.5, 0.6) is 0 Å². The summed E-state index contributed by atoms with van der Waals surface area (Å²) in [5.41, 5.74) is 3.26. The normalized spacial score (nSPS) is 10.3. The van der Waals surface area contributed by atoms with Crippen molar-refractivity contribution in [3.05, 3.63) is 89.7 Å². The highest BCUT2D eigenvalue weighted by molar-refractivity contribution is 6.03.